The minimum Gasteiger partial charge on any atom is -0.355 e. The van der Waals surface area contributed by atoms with E-state index in [2.05, 4.69) is 5.32 Å². The van der Waals surface area contributed by atoms with E-state index in [4.69, 9.17) is 11.6 Å². The lowest BCUT2D eigenvalue weighted by Gasteiger charge is -2.17. The number of ketones is 1. The average molecular weight is 267 g/mol. The molecule has 0 spiro atoms. The van der Waals surface area contributed by atoms with Crippen molar-refractivity contribution >= 4 is 34.9 Å². The predicted molar refractivity (Wildman–Crippen MR) is 66.8 cm³/mol. The molecular weight excluding hydrogens is 256 g/mol. The minimum atomic E-state index is -0.295. The number of nitrogens with one attached hydrogen (secondary N) is 1. The quantitative estimate of drug-likeness (QED) is 0.813. The number of amides is 2. The van der Waals surface area contributed by atoms with E-state index in [0.717, 1.165) is 0 Å². The second-order valence-electron chi connectivity index (χ2n) is 3.94. The maximum absolute atomic E-state index is 11.6. The highest BCUT2D eigenvalue weighted by atomic mass is 35.5. The Morgan fingerprint density at radius 1 is 1.39 bits per heavy atom. The first-order valence-electron chi connectivity index (χ1n) is 5.36. The van der Waals surface area contributed by atoms with Gasteiger partial charge in [-0.25, -0.2) is 0 Å². The fourth-order valence-electron chi connectivity index (χ4n) is 1.81. The smallest absolute Gasteiger partial charge is 0.251 e. The molecule has 0 unspecified atom stereocenters. The Hall–Kier alpha value is -1.88. The molecule has 5 nitrogen and oxygen atoms in total. The second kappa shape index (κ2) is 4.78. The van der Waals surface area contributed by atoms with Crippen molar-refractivity contribution in [3.05, 3.63) is 28.8 Å². The normalized spacial score (nSPS) is 15.1. The summed E-state index contributed by atoms with van der Waals surface area (Å²) in [4.78, 5) is 35.7. The van der Waals surface area contributed by atoms with E-state index in [-0.39, 0.29) is 30.6 Å². The van der Waals surface area contributed by atoms with Crippen molar-refractivity contribution in [3.8, 4) is 0 Å². The van der Waals surface area contributed by atoms with Gasteiger partial charge in [-0.3, -0.25) is 14.4 Å². The molecule has 1 aliphatic rings. The third-order valence-corrected chi connectivity index (χ3v) is 3.03. The van der Waals surface area contributed by atoms with Gasteiger partial charge in [-0.05, 0) is 18.2 Å². The van der Waals surface area contributed by atoms with Crippen molar-refractivity contribution in [2.45, 2.75) is 6.42 Å². The van der Waals surface area contributed by atoms with Crippen LogP contribution in [0.1, 0.15) is 16.8 Å². The molecule has 0 bridgehead atoms. The van der Waals surface area contributed by atoms with Crippen molar-refractivity contribution < 1.29 is 14.4 Å². The van der Waals surface area contributed by atoms with Crippen LogP contribution in [0.15, 0.2) is 18.2 Å². The zero-order valence-electron chi connectivity index (χ0n) is 9.70. The zero-order chi connectivity index (χ0) is 13.3. The van der Waals surface area contributed by atoms with Crippen molar-refractivity contribution in [1.82, 2.24) is 5.32 Å². The number of carbonyl (C=O) groups excluding carboxylic acids is 3. The number of carbonyl (C=O) groups is 3. The summed E-state index contributed by atoms with van der Waals surface area (Å²) in [6.45, 7) is 0.00967. The van der Waals surface area contributed by atoms with Gasteiger partial charge in [0.1, 0.15) is 0 Å². The third kappa shape index (κ3) is 2.22. The molecule has 0 aromatic heterocycles. The van der Waals surface area contributed by atoms with Crippen LogP contribution in [0.25, 0.3) is 0 Å². The number of anilines is 1. The molecule has 6 heteroatoms. The Morgan fingerprint density at radius 2 is 2.11 bits per heavy atom. The lowest BCUT2D eigenvalue weighted by molar-refractivity contribution is -0.121. The summed E-state index contributed by atoms with van der Waals surface area (Å²) in [5, 5.41) is 2.82. The van der Waals surface area contributed by atoms with Crippen molar-refractivity contribution in [2.24, 2.45) is 0 Å². The Labute approximate surface area is 109 Å². The van der Waals surface area contributed by atoms with Crippen molar-refractivity contribution in [1.29, 1.82) is 0 Å². The van der Waals surface area contributed by atoms with E-state index in [1.165, 1.54) is 24.1 Å². The summed E-state index contributed by atoms with van der Waals surface area (Å²) >= 11 is 6.00. The number of rotatable bonds is 2. The molecule has 2 rings (SSSR count). The molecule has 18 heavy (non-hydrogen) atoms. The maximum atomic E-state index is 11.6. The Kier molecular flexibility index (Phi) is 3.34. The summed E-state index contributed by atoms with van der Waals surface area (Å²) in [7, 11) is 1.52. The fraction of sp³-hybridized carbons (Fsp3) is 0.250. The van der Waals surface area contributed by atoms with Gasteiger partial charge < -0.3 is 10.2 Å². The largest absolute Gasteiger partial charge is 0.355 e. The molecule has 1 aromatic rings. The SMILES string of the molecule is CNC(=O)c1ccc(Cl)c(N2CC(=O)CC2=O)c1. The van der Waals surface area contributed by atoms with Crippen molar-refractivity contribution in [3.63, 3.8) is 0 Å². The van der Waals surface area contributed by atoms with Gasteiger partial charge in [0.15, 0.2) is 5.78 Å². The number of nitrogens with zero attached hydrogens (tertiary/aromatic N) is 1. The lowest BCUT2D eigenvalue weighted by atomic mass is 10.1. The average Bonchev–Trinajstić information content (AvgIpc) is 2.68. The van der Waals surface area contributed by atoms with Gasteiger partial charge in [-0.2, -0.15) is 0 Å². The van der Waals surface area contributed by atoms with E-state index in [9.17, 15) is 14.4 Å². The first-order chi connectivity index (χ1) is 8.52. The van der Waals surface area contributed by atoms with E-state index >= 15 is 0 Å². The molecule has 1 aliphatic heterocycles. The van der Waals surface area contributed by atoms with Crippen LogP contribution >= 0.6 is 11.6 Å². The number of hydrogen-bond donors (Lipinski definition) is 1. The summed E-state index contributed by atoms with van der Waals surface area (Å²) in [6.07, 6.45) is -0.111. The molecule has 94 valence electrons. The molecule has 1 heterocycles. The van der Waals surface area contributed by atoms with E-state index < -0.39 is 0 Å². The van der Waals surface area contributed by atoms with Gasteiger partial charge in [-0.15, -0.1) is 0 Å². The monoisotopic (exact) mass is 266 g/mol. The van der Waals surface area contributed by atoms with E-state index in [1.54, 1.807) is 6.07 Å². The van der Waals surface area contributed by atoms with Crippen LogP contribution < -0.4 is 10.2 Å². The topological polar surface area (TPSA) is 66.5 Å². The summed E-state index contributed by atoms with van der Waals surface area (Å²) in [6, 6.07) is 4.61. The number of benzene rings is 1. The standard InChI is InChI=1S/C12H11ClN2O3/c1-14-12(18)7-2-3-9(13)10(4-7)15-6-8(16)5-11(15)17/h2-4H,5-6H2,1H3,(H,14,18). The number of hydrogen-bond acceptors (Lipinski definition) is 3. The number of halogens is 1. The van der Waals surface area contributed by atoms with Crippen LogP contribution in [0.3, 0.4) is 0 Å². The highest BCUT2D eigenvalue weighted by Crippen LogP contribution is 2.29. The Bertz CT molecular complexity index is 542. The van der Waals surface area contributed by atoms with E-state index in [1.807, 2.05) is 0 Å². The molecule has 1 saturated heterocycles. The van der Waals surface area contributed by atoms with Crippen LogP contribution in [0.5, 0.6) is 0 Å². The first kappa shape index (κ1) is 12.6. The van der Waals surface area contributed by atoms with E-state index in [0.29, 0.717) is 16.3 Å². The van der Waals surface area contributed by atoms with Gasteiger partial charge in [0.25, 0.3) is 5.91 Å². The molecule has 1 N–H and O–H groups in total. The molecule has 0 radical (unpaired) electrons. The van der Waals surface area contributed by atoms with Gasteiger partial charge in [0.05, 0.1) is 23.7 Å². The molecule has 0 atom stereocenters. The lowest BCUT2D eigenvalue weighted by Crippen LogP contribution is -2.26. The second-order valence-corrected chi connectivity index (χ2v) is 4.35. The van der Waals surface area contributed by atoms with Crippen LogP contribution in [-0.2, 0) is 9.59 Å². The van der Waals surface area contributed by atoms with Gasteiger partial charge in [0.2, 0.25) is 5.91 Å². The number of Topliss-reactive ketones (excluding diaryl/α,β-unsaturated/α-hetero) is 1. The highest BCUT2D eigenvalue weighted by Gasteiger charge is 2.30. The first-order valence-corrected chi connectivity index (χ1v) is 5.74. The van der Waals surface area contributed by atoms with Crippen molar-refractivity contribution in [2.75, 3.05) is 18.5 Å². The van der Waals surface area contributed by atoms with Gasteiger partial charge in [0, 0.05) is 12.6 Å². The van der Waals surface area contributed by atoms with Crippen LogP contribution in [0, 0.1) is 0 Å². The van der Waals surface area contributed by atoms with Gasteiger partial charge >= 0.3 is 0 Å². The maximum Gasteiger partial charge on any atom is 0.251 e. The summed E-state index contributed by atoms with van der Waals surface area (Å²) in [5.74, 6) is -0.719. The van der Waals surface area contributed by atoms with Gasteiger partial charge in [-0.1, -0.05) is 11.6 Å². The van der Waals surface area contributed by atoms with Crippen LogP contribution in [0.2, 0.25) is 5.02 Å². The zero-order valence-corrected chi connectivity index (χ0v) is 10.5. The fourth-order valence-corrected chi connectivity index (χ4v) is 2.03. The molecule has 2 amide bonds. The predicted octanol–water partition coefficient (Wildman–Crippen LogP) is 1.01. The highest BCUT2D eigenvalue weighted by molar-refractivity contribution is 6.34. The molecule has 1 fully saturated rings. The summed E-state index contributed by atoms with van der Waals surface area (Å²) < 4.78 is 0. The summed E-state index contributed by atoms with van der Waals surface area (Å²) in [5.41, 5.74) is 0.790. The molecule has 1 aromatic carbocycles. The Morgan fingerprint density at radius 3 is 2.67 bits per heavy atom. The van der Waals surface area contributed by atoms with Crippen LogP contribution in [0.4, 0.5) is 5.69 Å². The Balaban J connectivity index is 2.41. The molecule has 0 saturated carbocycles. The third-order valence-electron chi connectivity index (χ3n) is 2.71. The molecular formula is C12H11ClN2O3. The minimum absolute atomic E-state index is 0.00967. The molecule has 0 aliphatic carbocycles. The van der Waals surface area contributed by atoms with Crippen LogP contribution in [-0.4, -0.2) is 31.2 Å².